The Hall–Kier alpha value is -2.05. The number of amides is 2. The zero-order valence-corrected chi connectivity index (χ0v) is 9.19. The minimum atomic E-state index is -0.679. The third kappa shape index (κ3) is 3.99. The van der Waals surface area contributed by atoms with Crippen LogP contribution in [0.3, 0.4) is 0 Å². The van der Waals surface area contributed by atoms with Gasteiger partial charge >= 0.3 is 6.09 Å². The van der Waals surface area contributed by atoms with Crippen molar-refractivity contribution < 1.29 is 14.3 Å². The van der Waals surface area contributed by atoms with Gasteiger partial charge in [-0.15, -0.1) is 0 Å². The smallest absolute Gasteiger partial charge is 0.426 e. The summed E-state index contributed by atoms with van der Waals surface area (Å²) in [6.07, 6.45) is 2.79. The molecular weight excluding hydrogens is 212 g/mol. The number of nitrogens with one attached hydrogen (secondary N) is 2. The second kappa shape index (κ2) is 5.74. The molecule has 0 aliphatic carbocycles. The number of aryl methyl sites for hydroxylation is 1. The lowest BCUT2D eigenvalue weighted by molar-refractivity contribution is -0.121. The van der Waals surface area contributed by atoms with E-state index in [0.29, 0.717) is 0 Å². The third-order valence-corrected chi connectivity index (χ3v) is 1.70. The Kier molecular flexibility index (Phi) is 4.31. The summed E-state index contributed by atoms with van der Waals surface area (Å²) in [4.78, 5) is 22.2. The molecule has 0 aliphatic heterocycles. The molecule has 0 spiro atoms. The average Bonchev–Trinajstić information content (AvgIpc) is 2.61. The molecule has 2 N–H and O–H groups in total. The van der Waals surface area contributed by atoms with E-state index in [1.165, 1.54) is 0 Å². The molecule has 7 heteroatoms. The van der Waals surface area contributed by atoms with Gasteiger partial charge in [0.15, 0.2) is 0 Å². The largest absolute Gasteiger partial charge is 0.449 e. The summed E-state index contributed by atoms with van der Waals surface area (Å²) >= 11 is 0. The van der Waals surface area contributed by atoms with Crippen molar-refractivity contribution in [3.05, 3.63) is 18.0 Å². The fourth-order valence-electron chi connectivity index (χ4n) is 1.08. The van der Waals surface area contributed by atoms with Gasteiger partial charge in [-0.05, 0) is 12.5 Å². The van der Waals surface area contributed by atoms with Crippen molar-refractivity contribution in [2.45, 2.75) is 13.3 Å². The number of hydrogen-bond acceptors (Lipinski definition) is 4. The Bertz CT molecular complexity index is 375. The van der Waals surface area contributed by atoms with Gasteiger partial charge in [0.25, 0.3) is 0 Å². The van der Waals surface area contributed by atoms with Crippen molar-refractivity contribution in [1.82, 2.24) is 20.6 Å². The first-order valence-electron chi connectivity index (χ1n) is 4.81. The maximum Gasteiger partial charge on any atom is 0.426 e. The number of aromatic nitrogens is 2. The molecule has 1 aromatic heterocycles. The molecule has 2 amide bonds. The number of carbonyl (C=O) groups excluding carboxylic acids is 2. The molecule has 1 heterocycles. The summed E-state index contributed by atoms with van der Waals surface area (Å²) in [5, 5.41) is 3.92. The van der Waals surface area contributed by atoms with Gasteiger partial charge in [-0.3, -0.25) is 14.9 Å². The Morgan fingerprint density at radius 1 is 1.50 bits per heavy atom. The van der Waals surface area contributed by atoms with Crippen LogP contribution in [0.4, 0.5) is 4.79 Å². The first kappa shape index (κ1) is 12.0. The van der Waals surface area contributed by atoms with Gasteiger partial charge in [0.05, 0.1) is 19.2 Å². The van der Waals surface area contributed by atoms with E-state index in [2.05, 4.69) is 20.7 Å². The van der Waals surface area contributed by atoms with E-state index >= 15 is 0 Å². The monoisotopic (exact) mass is 226 g/mol. The fraction of sp³-hybridized carbons (Fsp3) is 0.444. The maximum atomic E-state index is 11.3. The van der Waals surface area contributed by atoms with Crippen LogP contribution in [-0.2, 0) is 23.0 Å². The minimum absolute atomic E-state index is 0.153. The minimum Gasteiger partial charge on any atom is -0.449 e. The molecule has 1 aromatic rings. The normalized spacial score (nSPS) is 9.62. The van der Waals surface area contributed by atoms with Gasteiger partial charge in [0.2, 0.25) is 5.91 Å². The van der Waals surface area contributed by atoms with E-state index < -0.39 is 6.09 Å². The SMILES string of the molecule is CCOC(=O)NNC(=O)Cc1cnn(C)c1. The molecule has 0 saturated carbocycles. The molecule has 0 atom stereocenters. The van der Waals surface area contributed by atoms with Crippen LogP contribution >= 0.6 is 0 Å². The second-order valence-corrected chi connectivity index (χ2v) is 3.09. The predicted octanol–water partition coefficient (Wildman–Crippen LogP) is -0.260. The topological polar surface area (TPSA) is 85.2 Å². The van der Waals surface area contributed by atoms with Crippen molar-refractivity contribution >= 4 is 12.0 Å². The van der Waals surface area contributed by atoms with Gasteiger partial charge in [-0.2, -0.15) is 5.10 Å². The Morgan fingerprint density at radius 3 is 2.81 bits per heavy atom. The number of ether oxygens (including phenoxy) is 1. The molecule has 16 heavy (non-hydrogen) atoms. The van der Waals surface area contributed by atoms with E-state index in [-0.39, 0.29) is 18.9 Å². The van der Waals surface area contributed by atoms with Crippen molar-refractivity contribution in [3.63, 3.8) is 0 Å². The highest BCUT2D eigenvalue weighted by Gasteiger charge is 2.06. The van der Waals surface area contributed by atoms with Crippen LogP contribution in [0.25, 0.3) is 0 Å². The molecular formula is C9H14N4O3. The summed E-state index contributed by atoms with van der Waals surface area (Å²) in [5.74, 6) is -0.332. The Labute approximate surface area is 92.7 Å². The lowest BCUT2D eigenvalue weighted by Crippen LogP contribution is -2.42. The van der Waals surface area contributed by atoms with Crippen LogP contribution < -0.4 is 10.9 Å². The Balaban J connectivity index is 2.28. The van der Waals surface area contributed by atoms with Crippen LogP contribution in [0.15, 0.2) is 12.4 Å². The molecule has 0 fully saturated rings. The van der Waals surface area contributed by atoms with Crippen molar-refractivity contribution in [2.75, 3.05) is 6.61 Å². The lowest BCUT2D eigenvalue weighted by Gasteiger charge is -2.05. The van der Waals surface area contributed by atoms with E-state index in [9.17, 15) is 9.59 Å². The number of hydrogen-bond donors (Lipinski definition) is 2. The zero-order valence-electron chi connectivity index (χ0n) is 9.19. The quantitative estimate of drug-likeness (QED) is 0.695. The number of rotatable bonds is 3. The van der Waals surface area contributed by atoms with E-state index in [1.807, 2.05) is 0 Å². The zero-order chi connectivity index (χ0) is 12.0. The van der Waals surface area contributed by atoms with E-state index in [1.54, 1.807) is 31.0 Å². The predicted molar refractivity (Wildman–Crippen MR) is 55.2 cm³/mol. The standard InChI is InChI=1S/C9H14N4O3/c1-3-16-9(15)12-11-8(14)4-7-5-10-13(2)6-7/h5-6H,3-4H2,1-2H3,(H,11,14)(H,12,15). The van der Waals surface area contributed by atoms with E-state index in [4.69, 9.17) is 0 Å². The molecule has 0 aliphatic rings. The van der Waals surface area contributed by atoms with Crippen molar-refractivity contribution in [3.8, 4) is 0 Å². The summed E-state index contributed by atoms with van der Waals surface area (Å²) in [5.41, 5.74) is 5.12. The summed E-state index contributed by atoms with van der Waals surface area (Å²) < 4.78 is 6.16. The molecule has 1 rings (SSSR count). The highest BCUT2D eigenvalue weighted by molar-refractivity contribution is 5.80. The fourth-order valence-corrected chi connectivity index (χ4v) is 1.08. The maximum absolute atomic E-state index is 11.3. The summed E-state index contributed by atoms with van der Waals surface area (Å²) in [6.45, 7) is 1.93. The Morgan fingerprint density at radius 2 is 2.25 bits per heavy atom. The summed E-state index contributed by atoms with van der Waals surface area (Å²) in [7, 11) is 1.76. The van der Waals surface area contributed by atoms with Gasteiger partial charge in [-0.1, -0.05) is 0 Å². The first-order chi connectivity index (χ1) is 7.61. The van der Waals surface area contributed by atoms with Crippen LogP contribution in [0, 0.1) is 0 Å². The lowest BCUT2D eigenvalue weighted by atomic mass is 10.2. The second-order valence-electron chi connectivity index (χ2n) is 3.09. The van der Waals surface area contributed by atoms with Crippen molar-refractivity contribution in [1.29, 1.82) is 0 Å². The molecule has 0 unspecified atom stereocenters. The van der Waals surface area contributed by atoms with Crippen LogP contribution in [-0.4, -0.2) is 28.4 Å². The number of hydrazine groups is 1. The average molecular weight is 226 g/mol. The highest BCUT2D eigenvalue weighted by Crippen LogP contribution is 1.96. The number of carbonyl (C=O) groups is 2. The van der Waals surface area contributed by atoms with Gasteiger partial charge in [0.1, 0.15) is 0 Å². The molecule has 7 nitrogen and oxygen atoms in total. The molecule has 0 radical (unpaired) electrons. The molecule has 0 saturated heterocycles. The van der Waals surface area contributed by atoms with Gasteiger partial charge in [0, 0.05) is 13.2 Å². The summed E-state index contributed by atoms with van der Waals surface area (Å²) in [6, 6.07) is 0. The number of nitrogens with zero attached hydrogens (tertiary/aromatic N) is 2. The van der Waals surface area contributed by atoms with Crippen LogP contribution in [0.2, 0.25) is 0 Å². The third-order valence-electron chi connectivity index (χ3n) is 1.70. The van der Waals surface area contributed by atoms with Gasteiger partial charge in [-0.25, -0.2) is 10.2 Å². The van der Waals surface area contributed by atoms with Gasteiger partial charge < -0.3 is 4.74 Å². The highest BCUT2D eigenvalue weighted by atomic mass is 16.5. The van der Waals surface area contributed by atoms with Crippen molar-refractivity contribution in [2.24, 2.45) is 7.05 Å². The molecule has 88 valence electrons. The van der Waals surface area contributed by atoms with Crippen LogP contribution in [0.5, 0.6) is 0 Å². The molecule has 0 aromatic carbocycles. The van der Waals surface area contributed by atoms with E-state index in [0.717, 1.165) is 5.56 Å². The first-order valence-corrected chi connectivity index (χ1v) is 4.81. The molecule has 0 bridgehead atoms. The van der Waals surface area contributed by atoms with Crippen LogP contribution in [0.1, 0.15) is 12.5 Å².